The van der Waals surface area contributed by atoms with Gasteiger partial charge in [0.1, 0.15) is 0 Å². The molecule has 0 aromatic heterocycles. The van der Waals surface area contributed by atoms with Crippen LogP contribution in [0.4, 0.5) is 0 Å². The molecule has 1 aromatic carbocycles. The van der Waals surface area contributed by atoms with Crippen LogP contribution in [0.25, 0.3) is 0 Å². The normalized spacial score (nSPS) is 17.1. The van der Waals surface area contributed by atoms with E-state index in [4.69, 9.17) is 16.6 Å². The highest BCUT2D eigenvalue weighted by atomic mass is 35.5. The second-order valence-corrected chi connectivity index (χ2v) is 7.13. The van der Waals surface area contributed by atoms with Crippen LogP contribution in [0.2, 0.25) is 5.02 Å². The van der Waals surface area contributed by atoms with E-state index in [1.807, 2.05) is 18.2 Å². The first-order valence-electron chi connectivity index (χ1n) is 9.01. The maximum atomic E-state index is 6.28. The van der Waals surface area contributed by atoms with Crippen LogP contribution in [-0.2, 0) is 6.54 Å². The molecule has 0 amide bonds. The van der Waals surface area contributed by atoms with Crippen molar-refractivity contribution < 1.29 is 0 Å². The molecule has 0 unspecified atom stereocenters. The van der Waals surface area contributed by atoms with E-state index in [0.717, 1.165) is 42.1 Å². The molecule has 0 saturated carbocycles. The van der Waals surface area contributed by atoms with Crippen LogP contribution in [0.5, 0.6) is 0 Å². The van der Waals surface area contributed by atoms with Gasteiger partial charge < -0.3 is 15.1 Å². The fraction of sp³-hybridized carbons (Fsp3) is 0.632. The van der Waals surface area contributed by atoms with Gasteiger partial charge in [-0.2, -0.15) is 0 Å². The fourth-order valence-corrected chi connectivity index (χ4v) is 3.33. The lowest BCUT2D eigenvalue weighted by atomic mass is 9.94. The minimum absolute atomic E-state index is 0.764. The van der Waals surface area contributed by atoms with Gasteiger partial charge in [0.15, 0.2) is 5.96 Å². The summed E-state index contributed by atoms with van der Waals surface area (Å²) in [5.74, 6) is 1.78. The van der Waals surface area contributed by atoms with Crippen molar-refractivity contribution in [3.05, 3.63) is 34.9 Å². The largest absolute Gasteiger partial charge is 0.357 e. The Morgan fingerprint density at radius 2 is 2.04 bits per heavy atom. The Morgan fingerprint density at radius 3 is 2.71 bits per heavy atom. The summed E-state index contributed by atoms with van der Waals surface area (Å²) in [5, 5.41) is 4.20. The molecule has 0 radical (unpaired) electrons. The summed E-state index contributed by atoms with van der Waals surface area (Å²) in [6.45, 7) is 7.08. The third-order valence-electron chi connectivity index (χ3n) is 4.70. The van der Waals surface area contributed by atoms with Gasteiger partial charge in [0, 0.05) is 31.7 Å². The summed E-state index contributed by atoms with van der Waals surface area (Å²) in [7, 11) is 4.28. The smallest absolute Gasteiger partial charge is 0.193 e. The van der Waals surface area contributed by atoms with Gasteiger partial charge in [0.25, 0.3) is 0 Å². The van der Waals surface area contributed by atoms with Crippen molar-refractivity contribution in [1.29, 1.82) is 0 Å². The fourth-order valence-electron chi connectivity index (χ4n) is 3.13. The van der Waals surface area contributed by atoms with E-state index in [0.29, 0.717) is 0 Å². The highest BCUT2D eigenvalue weighted by Gasteiger charge is 2.16. The van der Waals surface area contributed by atoms with Crippen LogP contribution in [-0.4, -0.2) is 56.0 Å². The Hall–Kier alpha value is -1.26. The summed E-state index contributed by atoms with van der Waals surface area (Å²) in [5.41, 5.74) is 1.13. The van der Waals surface area contributed by atoms with Crippen molar-refractivity contribution in [2.24, 2.45) is 10.9 Å². The van der Waals surface area contributed by atoms with Gasteiger partial charge in [-0.15, -0.1) is 0 Å². The second kappa shape index (κ2) is 9.90. The standard InChI is InChI=1S/C19H31ClN4/c1-4-21-19(22-12-9-16-10-13-23(2)14-11-16)24(3)15-17-7-5-6-8-18(17)20/h5-8,16H,4,9-15H2,1-3H3,(H,21,22). The molecule has 1 heterocycles. The Labute approximate surface area is 151 Å². The minimum atomic E-state index is 0.764. The topological polar surface area (TPSA) is 30.9 Å². The number of aliphatic imine (C=N–C) groups is 1. The summed E-state index contributed by atoms with van der Waals surface area (Å²) >= 11 is 6.28. The first-order chi connectivity index (χ1) is 11.6. The number of hydrogen-bond acceptors (Lipinski definition) is 2. The zero-order valence-electron chi connectivity index (χ0n) is 15.3. The number of rotatable bonds is 6. The SMILES string of the molecule is CCNC(=NCCC1CCN(C)CC1)N(C)Cc1ccccc1Cl. The summed E-state index contributed by atoms with van der Waals surface area (Å²) in [4.78, 5) is 9.40. The van der Waals surface area contributed by atoms with Crippen molar-refractivity contribution in [3.63, 3.8) is 0 Å². The highest BCUT2D eigenvalue weighted by Crippen LogP contribution is 2.19. The zero-order chi connectivity index (χ0) is 17.4. The van der Waals surface area contributed by atoms with Crippen LogP contribution >= 0.6 is 11.6 Å². The number of guanidine groups is 1. The molecule has 1 fully saturated rings. The molecule has 1 N–H and O–H groups in total. The molecule has 4 nitrogen and oxygen atoms in total. The number of piperidine rings is 1. The van der Waals surface area contributed by atoms with Gasteiger partial charge in [-0.1, -0.05) is 29.8 Å². The number of likely N-dealkylation sites (tertiary alicyclic amines) is 1. The third-order valence-corrected chi connectivity index (χ3v) is 5.07. The molecule has 2 rings (SSSR count). The van der Waals surface area contributed by atoms with E-state index in [-0.39, 0.29) is 0 Å². The molecule has 0 spiro atoms. The third kappa shape index (κ3) is 5.99. The maximum absolute atomic E-state index is 6.28. The predicted octanol–water partition coefficient (Wildman–Crippen LogP) is 3.47. The molecule has 24 heavy (non-hydrogen) atoms. The number of nitrogens with zero attached hydrogens (tertiary/aromatic N) is 3. The molecule has 0 aliphatic carbocycles. The molecule has 0 atom stereocenters. The molecule has 1 aliphatic heterocycles. The number of benzene rings is 1. The van der Waals surface area contributed by atoms with Crippen LogP contribution < -0.4 is 5.32 Å². The van der Waals surface area contributed by atoms with Gasteiger partial charge in [0.2, 0.25) is 0 Å². The predicted molar refractivity (Wildman–Crippen MR) is 104 cm³/mol. The number of halogens is 1. The van der Waals surface area contributed by atoms with Gasteiger partial charge in [0.05, 0.1) is 0 Å². The summed E-state index contributed by atoms with van der Waals surface area (Å²) in [6, 6.07) is 8.00. The molecule has 0 bridgehead atoms. The number of hydrogen-bond donors (Lipinski definition) is 1. The quantitative estimate of drug-likeness (QED) is 0.629. The average molecular weight is 351 g/mol. The lowest BCUT2D eigenvalue weighted by molar-refractivity contribution is 0.214. The zero-order valence-corrected chi connectivity index (χ0v) is 16.0. The Bertz CT molecular complexity index is 524. The lowest BCUT2D eigenvalue weighted by Gasteiger charge is -2.28. The first kappa shape index (κ1) is 19.1. The monoisotopic (exact) mass is 350 g/mol. The Morgan fingerprint density at radius 1 is 1.33 bits per heavy atom. The minimum Gasteiger partial charge on any atom is -0.357 e. The van der Waals surface area contributed by atoms with Crippen LogP contribution in [0, 0.1) is 5.92 Å². The number of nitrogens with one attached hydrogen (secondary N) is 1. The van der Waals surface area contributed by atoms with Gasteiger partial charge in [-0.25, -0.2) is 0 Å². The van der Waals surface area contributed by atoms with E-state index in [2.05, 4.69) is 42.2 Å². The van der Waals surface area contributed by atoms with E-state index in [1.165, 1.54) is 32.4 Å². The molecular formula is C19H31ClN4. The van der Waals surface area contributed by atoms with E-state index in [1.54, 1.807) is 0 Å². The first-order valence-corrected chi connectivity index (χ1v) is 9.39. The van der Waals surface area contributed by atoms with Gasteiger partial charge in [-0.3, -0.25) is 4.99 Å². The Balaban J connectivity index is 1.88. The van der Waals surface area contributed by atoms with Crippen molar-refractivity contribution in [3.8, 4) is 0 Å². The maximum Gasteiger partial charge on any atom is 0.193 e. The molecule has 134 valence electrons. The Kier molecular flexibility index (Phi) is 7.86. The average Bonchev–Trinajstić information content (AvgIpc) is 2.58. The molecule has 5 heteroatoms. The second-order valence-electron chi connectivity index (χ2n) is 6.72. The van der Waals surface area contributed by atoms with Gasteiger partial charge in [-0.05, 0) is 63.9 Å². The molecular weight excluding hydrogens is 320 g/mol. The molecule has 1 aliphatic rings. The van der Waals surface area contributed by atoms with E-state index in [9.17, 15) is 0 Å². The molecule has 1 saturated heterocycles. The van der Waals surface area contributed by atoms with Crippen molar-refractivity contribution in [1.82, 2.24) is 15.1 Å². The lowest BCUT2D eigenvalue weighted by Crippen LogP contribution is -2.38. The van der Waals surface area contributed by atoms with Crippen molar-refractivity contribution >= 4 is 17.6 Å². The van der Waals surface area contributed by atoms with Crippen LogP contribution in [0.15, 0.2) is 29.3 Å². The van der Waals surface area contributed by atoms with E-state index < -0.39 is 0 Å². The van der Waals surface area contributed by atoms with E-state index >= 15 is 0 Å². The van der Waals surface area contributed by atoms with Crippen LogP contribution in [0.3, 0.4) is 0 Å². The van der Waals surface area contributed by atoms with Gasteiger partial charge >= 0.3 is 0 Å². The van der Waals surface area contributed by atoms with Crippen molar-refractivity contribution in [2.45, 2.75) is 32.7 Å². The summed E-state index contributed by atoms with van der Waals surface area (Å²) < 4.78 is 0. The molecule has 1 aromatic rings. The van der Waals surface area contributed by atoms with Crippen LogP contribution in [0.1, 0.15) is 31.7 Å². The van der Waals surface area contributed by atoms with Crippen molar-refractivity contribution in [2.75, 3.05) is 40.3 Å². The highest BCUT2D eigenvalue weighted by molar-refractivity contribution is 6.31. The summed E-state index contributed by atoms with van der Waals surface area (Å²) in [6.07, 6.45) is 3.79.